The fourth-order valence-corrected chi connectivity index (χ4v) is 3.67. The molecule has 1 aliphatic heterocycles. The maximum atomic E-state index is 12.4. The largest absolute Gasteiger partial charge is 0.370 e. The highest BCUT2D eigenvalue weighted by Crippen LogP contribution is 2.26. The van der Waals surface area contributed by atoms with E-state index < -0.39 is 0 Å². The molecule has 4 rings (SSSR count). The van der Waals surface area contributed by atoms with Crippen LogP contribution >= 0.6 is 23.2 Å². The molecule has 6 nitrogen and oxygen atoms in total. The van der Waals surface area contributed by atoms with Gasteiger partial charge < -0.3 is 15.6 Å². The van der Waals surface area contributed by atoms with Crippen molar-refractivity contribution < 1.29 is 0 Å². The average molecular weight is 392 g/mol. The molecule has 8 heteroatoms. The number of hydrogen-bond donors (Lipinski definition) is 3. The molecule has 0 unspecified atom stereocenters. The molecule has 2 aromatic heterocycles. The Balaban J connectivity index is 1.63. The van der Waals surface area contributed by atoms with E-state index in [1.807, 2.05) is 18.2 Å². The molecule has 1 fully saturated rings. The molecule has 0 amide bonds. The highest BCUT2D eigenvalue weighted by atomic mass is 35.5. The van der Waals surface area contributed by atoms with Crippen molar-refractivity contribution in [3.63, 3.8) is 0 Å². The molecule has 136 valence electrons. The van der Waals surface area contributed by atoms with Gasteiger partial charge in [0.15, 0.2) is 0 Å². The van der Waals surface area contributed by atoms with Crippen molar-refractivity contribution in [2.45, 2.75) is 13.0 Å². The summed E-state index contributed by atoms with van der Waals surface area (Å²) in [6, 6.07) is 7.32. The molecule has 0 aliphatic carbocycles. The number of rotatable bonds is 5. The first kappa shape index (κ1) is 17.4. The number of anilines is 1. The molecule has 1 aliphatic rings. The number of H-pyrrole nitrogens is 1. The molecule has 3 heterocycles. The van der Waals surface area contributed by atoms with Crippen molar-refractivity contribution in [2.75, 3.05) is 25.0 Å². The molecule has 0 bridgehead atoms. The lowest BCUT2D eigenvalue weighted by molar-refractivity contribution is 0.614. The standard InChI is InChI=1S/C18H19Cl2N5O/c19-13-3-1-2-12(17(13)20)10-25-15-6-16(22-8-11-4-5-21-7-11)23-9-14(15)24-18(25)26/h1-3,6,9,11,21H,4-5,7-8,10H2,(H,22,23)(H,24,26)/t11-/m1/s1. The van der Waals surface area contributed by atoms with E-state index in [9.17, 15) is 4.79 Å². The van der Waals surface area contributed by atoms with Gasteiger partial charge in [0.05, 0.1) is 33.8 Å². The molecule has 1 atom stereocenters. The lowest BCUT2D eigenvalue weighted by Gasteiger charge is -2.11. The van der Waals surface area contributed by atoms with Gasteiger partial charge in [0.1, 0.15) is 5.82 Å². The Kier molecular flexibility index (Phi) is 4.89. The van der Waals surface area contributed by atoms with Gasteiger partial charge in [-0.3, -0.25) is 4.57 Å². The molecule has 0 saturated carbocycles. The van der Waals surface area contributed by atoms with Crippen LogP contribution in [0.2, 0.25) is 10.0 Å². The quantitative estimate of drug-likeness (QED) is 0.624. The number of fused-ring (bicyclic) bond motifs is 1. The van der Waals surface area contributed by atoms with Crippen LogP contribution in [0.3, 0.4) is 0 Å². The molecule has 1 saturated heterocycles. The molecule has 3 aromatic rings. The Hall–Kier alpha value is -2.02. The monoisotopic (exact) mass is 391 g/mol. The van der Waals surface area contributed by atoms with Gasteiger partial charge in [-0.25, -0.2) is 9.78 Å². The Morgan fingerprint density at radius 2 is 2.23 bits per heavy atom. The van der Waals surface area contributed by atoms with Crippen molar-refractivity contribution in [1.82, 2.24) is 19.9 Å². The van der Waals surface area contributed by atoms with Crippen LogP contribution in [-0.2, 0) is 6.54 Å². The second-order valence-corrected chi connectivity index (χ2v) is 7.34. The zero-order chi connectivity index (χ0) is 18.1. The number of aromatic nitrogens is 3. The zero-order valence-corrected chi connectivity index (χ0v) is 15.6. The van der Waals surface area contributed by atoms with Crippen LogP contribution in [0.1, 0.15) is 12.0 Å². The van der Waals surface area contributed by atoms with Crippen LogP contribution in [0.15, 0.2) is 35.3 Å². The summed E-state index contributed by atoms with van der Waals surface area (Å²) in [5, 5.41) is 7.67. The minimum absolute atomic E-state index is 0.199. The number of benzene rings is 1. The minimum Gasteiger partial charge on any atom is -0.370 e. The van der Waals surface area contributed by atoms with Gasteiger partial charge in [0, 0.05) is 12.6 Å². The topological polar surface area (TPSA) is 74.7 Å². The van der Waals surface area contributed by atoms with E-state index in [2.05, 4.69) is 20.6 Å². The Labute approximate surface area is 160 Å². The average Bonchev–Trinajstić information content (AvgIpc) is 3.25. The maximum Gasteiger partial charge on any atom is 0.326 e. The minimum atomic E-state index is -0.199. The van der Waals surface area contributed by atoms with Crippen LogP contribution in [0.4, 0.5) is 5.82 Å². The third-order valence-electron chi connectivity index (χ3n) is 4.75. The van der Waals surface area contributed by atoms with E-state index in [1.54, 1.807) is 16.8 Å². The zero-order valence-electron chi connectivity index (χ0n) is 14.1. The highest BCUT2D eigenvalue weighted by molar-refractivity contribution is 6.42. The summed E-state index contributed by atoms with van der Waals surface area (Å²) in [4.78, 5) is 19.6. The maximum absolute atomic E-state index is 12.4. The summed E-state index contributed by atoms with van der Waals surface area (Å²) in [6.07, 6.45) is 2.85. The van der Waals surface area contributed by atoms with Crippen molar-refractivity contribution >= 4 is 40.1 Å². The summed E-state index contributed by atoms with van der Waals surface area (Å²) in [5.41, 5.74) is 2.08. The van der Waals surface area contributed by atoms with Crippen LogP contribution in [0.5, 0.6) is 0 Å². The lowest BCUT2D eigenvalue weighted by atomic mass is 10.1. The van der Waals surface area contributed by atoms with E-state index in [0.717, 1.165) is 43.0 Å². The van der Waals surface area contributed by atoms with Gasteiger partial charge in [0.2, 0.25) is 0 Å². The lowest BCUT2D eigenvalue weighted by Crippen LogP contribution is -2.18. The number of imidazole rings is 1. The third kappa shape index (κ3) is 3.45. The van der Waals surface area contributed by atoms with E-state index in [1.165, 1.54) is 0 Å². The molecule has 3 N–H and O–H groups in total. The summed E-state index contributed by atoms with van der Waals surface area (Å²) in [5.74, 6) is 1.36. The summed E-state index contributed by atoms with van der Waals surface area (Å²) in [7, 11) is 0. The molecular weight excluding hydrogens is 373 g/mol. The molecule has 0 radical (unpaired) electrons. The third-order valence-corrected chi connectivity index (χ3v) is 5.61. The number of hydrogen-bond acceptors (Lipinski definition) is 4. The summed E-state index contributed by atoms with van der Waals surface area (Å²) >= 11 is 12.4. The van der Waals surface area contributed by atoms with Crippen LogP contribution in [0, 0.1) is 5.92 Å². The molecular formula is C18H19Cl2N5O. The van der Waals surface area contributed by atoms with E-state index in [4.69, 9.17) is 23.2 Å². The second-order valence-electron chi connectivity index (χ2n) is 6.56. The SMILES string of the molecule is O=c1[nH]c2cnc(NC[C@@H]3CCNC3)cc2n1Cc1cccc(Cl)c1Cl. The first-order chi connectivity index (χ1) is 12.6. The van der Waals surface area contributed by atoms with E-state index in [0.29, 0.717) is 28.0 Å². The fourth-order valence-electron chi connectivity index (χ4n) is 3.29. The van der Waals surface area contributed by atoms with Gasteiger partial charge in [0.25, 0.3) is 0 Å². The molecule has 0 spiro atoms. The Bertz CT molecular complexity index is 991. The number of nitrogens with zero attached hydrogens (tertiary/aromatic N) is 2. The Morgan fingerprint density at radius 3 is 3.04 bits per heavy atom. The van der Waals surface area contributed by atoms with Gasteiger partial charge in [-0.2, -0.15) is 0 Å². The van der Waals surface area contributed by atoms with Gasteiger partial charge in [-0.05, 0) is 37.1 Å². The first-order valence-electron chi connectivity index (χ1n) is 8.58. The highest BCUT2D eigenvalue weighted by Gasteiger charge is 2.15. The van der Waals surface area contributed by atoms with Gasteiger partial charge >= 0.3 is 5.69 Å². The van der Waals surface area contributed by atoms with Gasteiger partial charge in [-0.1, -0.05) is 35.3 Å². The number of halogens is 2. The molecule has 1 aromatic carbocycles. The molecule has 26 heavy (non-hydrogen) atoms. The van der Waals surface area contributed by atoms with Crippen molar-refractivity contribution in [1.29, 1.82) is 0 Å². The van der Waals surface area contributed by atoms with Crippen molar-refractivity contribution in [2.24, 2.45) is 5.92 Å². The van der Waals surface area contributed by atoms with Crippen molar-refractivity contribution in [3.05, 3.63) is 56.6 Å². The number of aromatic amines is 1. The smallest absolute Gasteiger partial charge is 0.326 e. The second kappa shape index (κ2) is 7.31. The van der Waals surface area contributed by atoms with E-state index >= 15 is 0 Å². The normalized spacial score (nSPS) is 17.1. The number of nitrogens with one attached hydrogen (secondary N) is 3. The van der Waals surface area contributed by atoms with Crippen LogP contribution < -0.4 is 16.3 Å². The summed E-state index contributed by atoms with van der Waals surface area (Å²) < 4.78 is 1.65. The van der Waals surface area contributed by atoms with Crippen LogP contribution in [0.25, 0.3) is 11.0 Å². The predicted octanol–water partition coefficient (Wildman–Crippen LogP) is 3.10. The first-order valence-corrected chi connectivity index (χ1v) is 9.33. The number of pyridine rings is 1. The van der Waals surface area contributed by atoms with Crippen molar-refractivity contribution in [3.8, 4) is 0 Å². The fraction of sp³-hybridized carbons (Fsp3) is 0.333. The Morgan fingerprint density at radius 1 is 1.35 bits per heavy atom. The summed E-state index contributed by atoms with van der Waals surface area (Å²) in [6.45, 7) is 3.29. The predicted molar refractivity (Wildman–Crippen MR) is 105 cm³/mol. The van der Waals surface area contributed by atoms with Gasteiger partial charge in [-0.15, -0.1) is 0 Å². The van der Waals surface area contributed by atoms with Crippen LogP contribution in [-0.4, -0.2) is 34.2 Å². The van der Waals surface area contributed by atoms with E-state index in [-0.39, 0.29) is 5.69 Å².